The highest BCUT2D eigenvalue weighted by Crippen LogP contribution is 2.31. The lowest BCUT2D eigenvalue weighted by Gasteiger charge is -2.36. The minimum absolute atomic E-state index is 0.112. The number of carbonyl (C=O) groups is 2. The van der Waals surface area contributed by atoms with Crippen molar-refractivity contribution in [1.29, 1.82) is 0 Å². The molecule has 9 heteroatoms. The van der Waals surface area contributed by atoms with Crippen LogP contribution in [0.2, 0.25) is 0 Å². The average molecular weight is 442 g/mol. The fourth-order valence-electron chi connectivity index (χ4n) is 3.81. The van der Waals surface area contributed by atoms with Crippen LogP contribution in [0.25, 0.3) is 0 Å². The zero-order valence-corrected chi connectivity index (χ0v) is 17.9. The topological polar surface area (TPSA) is 105 Å². The Morgan fingerprint density at radius 1 is 1.10 bits per heavy atom. The number of amides is 1. The summed E-state index contributed by atoms with van der Waals surface area (Å²) in [5.41, 5.74) is 0.650. The number of nitrogens with zero attached hydrogens (tertiary/aromatic N) is 2. The van der Waals surface area contributed by atoms with Gasteiger partial charge in [-0.05, 0) is 31.2 Å². The molecule has 1 saturated heterocycles. The third kappa shape index (κ3) is 4.11. The van der Waals surface area contributed by atoms with Crippen molar-refractivity contribution >= 4 is 27.6 Å². The highest BCUT2D eigenvalue weighted by molar-refractivity contribution is 7.89. The minimum Gasteiger partial charge on any atom is -0.462 e. The van der Waals surface area contributed by atoms with Crippen LogP contribution in [0.1, 0.15) is 35.7 Å². The van der Waals surface area contributed by atoms with Crippen LogP contribution in [0.15, 0.2) is 64.5 Å². The molecule has 8 nitrogen and oxygen atoms in total. The lowest BCUT2D eigenvalue weighted by molar-refractivity contribution is -0.115. The number of hydrogen-bond acceptors (Lipinski definition) is 6. The molecule has 0 bridgehead atoms. The normalized spacial score (nSPS) is 18.5. The average Bonchev–Trinajstić information content (AvgIpc) is 3.10. The number of hydrogen-bond donors (Lipinski definition) is 1. The second kappa shape index (κ2) is 8.24. The first-order valence-corrected chi connectivity index (χ1v) is 11.5. The molecule has 162 valence electrons. The highest BCUT2D eigenvalue weighted by Gasteiger charge is 2.44. The van der Waals surface area contributed by atoms with Gasteiger partial charge >= 0.3 is 5.97 Å². The number of rotatable bonds is 5. The Kier molecular flexibility index (Phi) is 5.63. The van der Waals surface area contributed by atoms with E-state index in [0.29, 0.717) is 24.1 Å². The molecule has 2 aromatic rings. The first-order valence-electron chi connectivity index (χ1n) is 10.1. The summed E-state index contributed by atoms with van der Waals surface area (Å²) in [6.07, 6.45) is 0.768. The lowest BCUT2D eigenvalue weighted by atomic mass is 10.00. The number of piperidine rings is 1. The Morgan fingerprint density at radius 3 is 2.35 bits per heavy atom. The molecule has 1 amide bonds. The number of carbonyl (C=O) groups excluding carboxylic acids is 2. The SMILES string of the molecule is CCOC(=O)c1ccc(S(=O)(=O)N2CCC3(CC2)N=C(c2ccccc2)C(=O)N3)cc1. The highest BCUT2D eigenvalue weighted by atomic mass is 32.2. The van der Waals surface area contributed by atoms with Crippen LogP contribution < -0.4 is 5.32 Å². The lowest BCUT2D eigenvalue weighted by Crippen LogP contribution is -2.52. The predicted octanol–water partition coefficient (Wildman–Crippen LogP) is 1.96. The van der Waals surface area contributed by atoms with Crippen LogP contribution >= 0.6 is 0 Å². The molecule has 4 rings (SSSR count). The van der Waals surface area contributed by atoms with Gasteiger partial charge in [0.2, 0.25) is 10.0 Å². The van der Waals surface area contributed by atoms with Crippen LogP contribution in [0.3, 0.4) is 0 Å². The number of nitrogens with one attached hydrogen (secondary N) is 1. The summed E-state index contributed by atoms with van der Waals surface area (Å²) in [5.74, 6) is -0.729. The van der Waals surface area contributed by atoms with Gasteiger partial charge in [-0.3, -0.25) is 9.79 Å². The van der Waals surface area contributed by atoms with Gasteiger partial charge in [-0.1, -0.05) is 30.3 Å². The van der Waals surface area contributed by atoms with E-state index in [0.717, 1.165) is 5.56 Å². The molecule has 31 heavy (non-hydrogen) atoms. The maximum Gasteiger partial charge on any atom is 0.338 e. The monoisotopic (exact) mass is 441 g/mol. The molecular formula is C22H23N3O5S. The molecular weight excluding hydrogens is 418 g/mol. The fourth-order valence-corrected chi connectivity index (χ4v) is 5.26. The first-order chi connectivity index (χ1) is 14.8. The molecule has 1 spiro atoms. The van der Waals surface area contributed by atoms with Gasteiger partial charge in [-0.2, -0.15) is 4.31 Å². The molecule has 0 aliphatic carbocycles. The van der Waals surface area contributed by atoms with E-state index in [9.17, 15) is 18.0 Å². The summed E-state index contributed by atoms with van der Waals surface area (Å²) in [7, 11) is -3.72. The molecule has 1 N–H and O–H groups in total. The van der Waals surface area contributed by atoms with Crippen LogP contribution in [0.4, 0.5) is 0 Å². The third-order valence-corrected chi connectivity index (χ3v) is 7.40. The van der Waals surface area contributed by atoms with E-state index in [-0.39, 0.29) is 30.5 Å². The Morgan fingerprint density at radius 2 is 1.74 bits per heavy atom. The number of ether oxygens (including phenoxy) is 1. The molecule has 0 unspecified atom stereocenters. The van der Waals surface area contributed by atoms with Gasteiger partial charge in [0.1, 0.15) is 11.4 Å². The van der Waals surface area contributed by atoms with E-state index in [4.69, 9.17) is 4.74 Å². The molecule has 0 atom stereocenters. The Labute approximate surface area is 181 Å². The van der Waals surface area contributed by atoms with Gasteiger partial charge in [-0.15, -0.1) is 0 Å². The third-order valence-electron chi connectivity index (χ3n) is 5.49. The number of esters is 1. The molecule has 2 aliphatic rings. The van der Waals surface area contributed by atoms with Crippen molar-refractivity contribution in [1.82, 2.24) is 9.62 Å². The van der Waals surface area contributed by atoms with E-state index in [2.05, 4.69) is 10.3 Å². The van der Waals surface area contributed by atoms with Gasteiger partial charge in [0.15, 0.2) is 0 Å². The molecule has 0 saturated carbocycles. The van der Waals surface area contributed by atoms with Gasteiger partial charge in [-0.25, -0.2) is 13.2 Å². The van der Waals surface area contributed by atoms with Gasteiger partial charge in [0, 0.05) is 31.5 Å². The van der Waals surface area contributed by atoms with Crippen molar-refractivity contribution in [3.8, 4) is 0 Å². The van der Waals surface area contributed by atoms with Gasteiger partial charge < -0.3 is 10.1 Å². The summed E-state index contributed by atoms with van der Waals surface area (Å²) in [6.45, 7) is 2.42. The number of sulfonamides is 1. The Hall–Kier alpha value is -3.04. The summed E-state index contributed by atoms with van der Waals surface area (Å²) in [6, 6.07) is 14.9. The molecule has 1 fully saturated rings. The summed E-state index contributed by atoms with van der Waals surface area (Å²) in [5, 5.41) is 2.95. The molecule has 0 aromatic heterocycles. The van der Waals surface area contributed by atoms with Crippen LogP contribution in [-0.2, 0) is 19.6 Å². The first kappa shape index (κ1) is 21.2. The molecule has 2 heterocycles. The van der Waals surface area contributed by atoms with Crippen molar-refractivity contribution in [2.75, 3.05) is 19.7 Å². The van der Waals surface area contributed by atoms with E-state index >= 15 is 0 Å². The van der Waals surface area contributed by atoms with Crippen LogP contribution in [0, 0.1) is 0 Å². The number of benzene rings is 2. The van der Waals surface area contributed by atoms with Crippen LogP contribution in [-0.4, -0.2) is 55.7 Å². The quantitative estimate of drug-likeness (QED) is 0.714. The summed E-state index contributed by atoms with van der Waals surface area (Å²) in [4.78, 5) is 29.0. The van der Waals surface area contributed by atoms with Gasteiger partial charge in [0.05, 0.1) is 17.1 Å². The maximum absolute atomic E-state index is 13.0. The second-order valence-corrected chi connectivity index (χ2v) is 9.40. The van der Waals surface area contributed by atoms with E-state index in [1.165, 1.54) is 28.6 Å². The zero-order valence-electron chi connectivity index (χ0n) is 17.1. The molecule has 0 radical (unpaired) electrons. The van der Waals surface area contributed by atoms with E-state index in [1.807, 2.05) is 30.3 Å². The molecule has 2 aliphatic heterocycles. The van der Waals surface area contributed by atoms with E-state index in [1.54, 1.807) is 6.92 Å². The second-order valence-electron chi connectivity index (χ2n) is 7.46. The van der Waals surface area contributed by atoms with Crippen molar-refractivity contribution in [2.45, 2.75) is 30.3 Å². The number of aliphatic imine (C=N–C) groups is 1. The van der Waals surface area contributed by atoms with E-state index < -0.39 is 21.7 Å². The summed E-state index contributed by atoms with van der Waals surface area (Å²) >= 11 is 0. The summed E-state index contributed by atoms with van der Waals surface area (Å²) < 4.78 is 32.4. The van der Waals surface area contributed by atoms with Crippen molar-refractivity contribution < 1.29 is 22.7 Å². The Balaban J connectivity index is 1.48. The van der Waals surface area contributed by atoms with Crippen molar-refractivity contribution in [3.05, 3.63) is 65.7 Å². The standard InChI is InChI=1S/C22H23N3O5S/c1-2-30-21(27)17-8-10-18(11-9-17)31(28,29)25-14-12-22(13-15-25)23-19(20(26)24-22)16-6-4-3-5-7-16/h3-11H,2,12-15H2,1H3,(H,24,26). The maximum atomic E-state index is 13.0. The predicted molar refractivity (Wildman–Crippen MR) is 114 cm³/mol. The Bertz CT molecular complexity index is 1120. The molecule has 2 aromatic carbocycles. The fraction of sp³-hybridized carbons (Fsp3) is 0.318. The largest absolute Gasteiger partial charge is 0.462 e. The van der Waals surface area contributed by atoms with Crippen molar-refractivity contribution in [3.63, 3.8) is 0 Å². The van der Waals surface area contributed by atoms with Gasteiger partial charge in [0.25, 0.3) is 5.91 Å². The minimum atomic E-state index is -3.72. The van der Waals surface area contributed by atoms with Crippen LogP contribution in [0.5, 0.6) is 0 Å². The zero-order chi connectivity index (χ0) is 22.1. The van der Waals surface area contributed by atoms with Crippen molar-refractivity contribution in [2.24, 2.45) is 4.99 Å². The smallest absolute Gasteiger partial charge is 0.338 e.